The molecule has 0 fully saturated rings. The molecule has 0 rings (SSSR count). The Hall–Kier alpha value is -0.560. The zero-order valence-electron chi connectivity index (χ0n) is 6.04. The van der Waals surface area contributed by atoms with Gasteiger partial charge in [0, 0.05) is 5.92 Å². The lowest BCUT2D eigenvalue weighted by atomic mass is 10.1. The summed E-state index contributed by atoms with van der Waals surface area (Å²) in [7, 11) is 0. The van der Waals surface area contributed by atoms with Crippen LogP contribution >= 0.6 is 0 Å². The summed E-state index contributed by atoms with van der Waals surface area (Å²) in [5.74, 6) is 0.154. The Morgan fingerprint density at radius 1 is 1.56 bits per heavy atom. The molecule has 0 aliphatic carbocycles. The number of allylic oxidation sites excluding steroid dienone is 1. The second kappa shape index (κ2) is 4.33. The Labute approximate surface area is 56.7 Å². The fraction of sp³-hybridized carbons (Fsp3) is 0.500. The van der Waals surface area contributed by atoms with Crippen molar-refractivity contribution in [1.82, 2.24) is 0 Å². The molecule has 0 aliphatic rings. The van der Waals surface area contributed by atoms with Crippen LogP contribution in [-0.2, 0) is 0 Å². The van der Waals surface area contributed by atoms with Crippen LogP contribution in [0.3, 0.4) is 0 Å². The summed E-state index contributed by atoms with van der Waals surface area (Å²) < 4.78 is 0. The largest absolute Gasteiger partial charge is 0.388 e. The van der Waals surface area contributed by atoms with E-state index in [1.165, 1.54) is 0 Å². The van der Waals surface area contributed by atoms with Crippen molar-refractivity contribution in [2.24, 2.45) is 5.92 Å². The van der Waals surface area contributed by atoms with Gasteiger partial charge >= 0.3 is 0 Å². The zero-order chi connectivity index (χ0) is 7.28. The lowest BCUT2D eigenvalue weighted by molar-refractivity contribution is 0.185. The lowest BCUT2D eigenvalue weighted by Crippen LogP contribution is -2.11. The summed E-state index contributed by atoms with van der Waals surface area (Å²) in [4.78, 5) is 0. The van der Waals surface area contributed by atoms with Crippen LogP contribution in [0.15, 0.2) is 24.8 Å². The van der Waals surface area contributed by atoms with Crippen LogP contribution in [0.25, 0.3) is 0 Å². The molecule has 0 bridgehead atoms. The van der Waals surface area contributed by atoms with Gasteiger partial charge in [-0.25, -0.2) is 0 Å². The smallest absolute Gasteiger partial charge is 0.0780 e. The Bertz CT molecular complexity index is 105. The maximum Gasteiger partial charge on any atom is 0.0780 e. The minimum absolute atomic E-state index is 0.154. The fourth-order valence-corrected chi connectivity index (χ4v) is 0.512. The molecule has 0 amide bonds. The van der Waals surface area contributed by atoms with Crippen molar-refractivity contribution in [2.45, 2.75) is 20.0 Å². The van der Waals surface area contributed by atoms with E-state index in [9.17, 15) is 0 Å². The third-order valence-electron chi connectivity index (χ3n) is 1.30. The number of hydrogen-bond donors (Lipinski definition) is 1. The van der Waals surface area contributed by atoms with E-state index in [-0.39, 0.29) is 12.0 Å². The topological polar surface area (TPSA) is 20.2 Å². The van der Waals surface area contributed by atoms with Gasteiger partial charge in [0.25, 0.3) is 0 Å². The molecule has 9 heavy (non-hydrogen) atoms. The first kappa shape index (κ1) is 8.44. The highest BCUT2D eigenvalue weighted by molar-refractivity contribution is 4.94. The van der Waals surface area contributed by atoms with Crippen molar-refractivity contribution in [2.75, 3.05) is 0 Å². The summed E-state index contributed by atoms with van der Waals surface area (Å²) >= 11 is 0. The van der Waals surface area contributed by atoms with Crippen LogP contribution in [0.1, 0.15) is 13.8 Å². The van der Waals surface area contributed by atoms with Gasteiger partial charge in [0.2, 0.25) is 0 Å². The third-order valence-corrected chi connectivity index (χ3v) is 1.30. The first-order valence-corrected chi connectivity index (χ1v) is 3.15. The van der Waals surface area contributed by atoms with Crippen LogP contribution in [0.2, 0.25) is 0 Å². The number of aliphatic hydroxyl groups is 1. The van der Waals surface area contributed by atoms with E-state index in [1.807, 2.05) is 19.9 Å². The molecule has 2 atom stereocenters. The molecule has 0 aliphatic heterocycles. The molecule has 52 valence electrons. The molecule has 0 saturated carbocycles. The van der Waals surface area contributed by atoms with Crippen LogP contribution in [0.4, 0.5) is 0 Å². The van der Waals surface area contributed by atoms with Gasteiger partial charge in [-0.3, -0.25) is 0 Å². The molecule has 0 aromatic heterocycles. The second-order valence-electron chi connectivity index (χ2n) is 2.11. The van der Waals surface area contributed by atoms with E-state index < -0.39 is 0 Å². The second-order valence-corrected chi connectivity index (χ2v) is 2.11. The van der Waals surface area contributed by atoms with Gasteiger partial charge in [-0.2, -0.15) is 0 Å². The molecule has 0 unspecified atom stereocenters. The molecule has 1 N–H and O–H groups in total. The van der Waals surface area contributed by atoms with Gasteiger partial charge in [-0.05, 0) is 6.92 Å². The van der Waals surface area contributed by atoms with Gasteiger partial charge in [0.1, 0.15) is 0 Å². The zero-order valence-corrected chi connectivity index (χ0v) is 6.04. The van der Waals surface area contributed by atoms with Crippen LogP contribution in [0, 0.1) is 5.92 Å². The van der Waals surface area contributed by atoms with Crippen molar-refractivity contribution in [1.29, 1.82) is 0 Å². The maximum absolute atomic E-state index is 9.16. The standard InChI is InChI=1S/C8H14O/c1-4-6-8(9)7(3)5-2/h4-9H,2H2,1,3H3/b6-4+/t7-,8+/m0/s1. The molecular weight excluding hydrogens is 112 g/mol. The minimum Gasteiger partial charge on any atom is -0.388 e. The monoisotopic (exact) mass is 126 g/mol. The van der Waals surface area contributed by atoms with Gasteiger partial charge in [0.15, 0.2) is 0 Å². The summed E-state index contributed by atoms with van der Waals surface area (Å²) in [6, 6.07) is 0. The fourth-order valence-electron chi connectivity index (χ4n) is 0.512. The molecule has 0 aromatic carbocycles. The van der Waals surface area contributed by atoms with Crippen LogP contribution in [-0.4, -0.2) is 11.2 Å². The Morgan fingerprint density at radius 2 is 2.11 bits per heavy atom. The van der Waals surface area contributed by atoms with E-state index in [4.69, 9.17) is 5.11 Å². The predicted molar refractivity (Wildman–Crippen MR) is 40.2 cm³/mol. The van der Waals surface area contributed by atoms with Crippen LogP contribution < -0.4 is 0 Å². The number of rotatable bonds is 3. The van der Waals surface area contributed by atoms with Crippen molar-refractivity contribution < 1.29 is 5.11 Å². The summed E-state index contributed by atoms with van der Waals surface area (Å²) in [6.07, 6.45) is 4.97. The summed E-state index contributed by atoms with van der Waals surface area (Å²) in [5, 5.41) is 9.16. The average molecular weight is 126 g/mol. The van der Waals surface area contributed by atoms with Gasteiger partial charge in [0.05, 0.1) is 6.10 Å². The Morgan fingerprint density at radius 3 is 2.44 bits per heavy atom. The normalized spacial score (nSPS) is 17.7. The quantitative estimate of drug-likeness (QED) is 0.571. The van der Waals surface area contributed by atoms with Gasteiger partial charge in [-0.15, -0.1) is 6.58 Å². The first-order valence-electron chi connectivity index (χ1n) is 3.15. The predicted octanol–water partition coefficient (Wildman–Crippen LogP) is 1.75. The summed E-state index contributed by atoms with van der Waals surface area (Å²) in [5.41, 5.74) is 0. The molecule has 0 heterocycles. The molecule has 1 heteroatoms. The highest BCUT2D eigenvalue weighted by atomic mass is 16.3. The van der Waals surface area contributed by atoms with Crippen molar-refractivity contribution in [3.63, 3.8) is 0 Å². The van der Waals surface area contributed by atoms with Crippen molar-refractivity contribution in [3.8, 4) is 0 Å². The van der Waals surface area contributed by atoms with Crippen LogP contribution in [0.5, 0.6) is 0 Å². The molecular formula is C8H14O. The molecule has 0 aromatic rings. The minimum atomic E-state index is -0.368. The van der Waals surface area contributed by atoms with E-state index in [2.05, 4.69) is 6.58 Å². The number of aliphatic hydroxyl groups excluding tert-OH is 1. The molecule has 0 spiro atoms. The van der Waals surface area contributed by atoms with Crippen molar-refractivity contribution >= 4 is 0 Å². The highest BCUT2D eigenvalue weighted by Crippen LogP contribution is 2.03. The molecule has 0 radical (unpaired) electrons. The van der Waals surface area contributed by atoms with E-state index in [0.29, 0.717) is 0 Å². The van der Waals surface area contributed by atoms with Gasteiger partial charge in [-0.1, -0.05) is 25.2 Å². The Kier molecular flexibility index (Phi) is 4.06. The maximum atomic E-state index is 9.16. The first-order chi connectivity index (χ1) is 4.22. The Balaban J connectivity index is 3.71. The van der Waals surface area contributed by atoms with Gasteiger partial charge < -0.3 is 5.11 Å². The highest BCUT2D eigenvalue weighted by Gasteiger charge is 2.04. The van der Waals surface area contributed by atoms with E-state index in [1.54, 1.807) is 12.2 Å². The lowest BCUT2D eigenvalue weighted by Gasteiger charge is -2.08. The summed E-state index contributed by atoms with van der Waals surface area (Å²) in [6.45, 7) is 7.39. The molecule has 0 saturated heterocycles. The third kappa shape index (κ3) is 3.09. The van der Waals surface area contributed by atoms with Crippen molar-refractivity contribution in [3.05, 3.63) is 24.8 Å². The average Bonchev–Trinajstić information content (AvgIpc) is 1.87. The number of hydrogen-bond acceptors (Lipinski definition) is 1. The SMILES string of the molecule is C=C[C@H](C)[C@H](O)/C=C/C. The van der Waals surface area contributed by atoms with E-state index >= 15 is 0 Å². The molecule has 1 nitrogen and oxygen atoms in total. The van der Waals surface area contributed by atoms with E-state index in [0.717, 1.165) is 0 Å².